The minimum atomic E-state index is -0.341. The van der Waals surface area contributed by atoms with E-state index in [-0.39, 0.29) is 22.3 Å². The van der Waals surface area contributed by atoms with Crippen molar-refractivity contribution in [3.63, 3.8) is 0 Å². The fourth-order valence-corrected chi connectivity index (χ4v) is 10.6. The summed E-state index contributed by atoms with van der Waals surface area (Å²) in [7, 11) is 1.67. The third kappa shape index (κ3) is 4.92. The summed E-state index contributed by atoms with van der Waals surface area (Å²) in [4.78, 5) is 18.7. The van der Waals surface area contributed by atoms with E-state index >= 15 is 0 Å². The summed E-state index contributed by atoms with van der Waals surface area (Å²) >= 11 is 0. The highest BCUT2D eigenvalue weighted by Gasteiger charge is 2.65. The molecule has 3 fully saturated rings. The number of Topliss-reactive ketones (excluding diaryl/α,β-unsaturated/α-hetero) is 1. The molecule has 5 heteroatoms. The number of hydrogen-bond acceptors (Lipinski definition) is 5. The fourth-order valence-electron chi connectivity index (χ4n) is 10.6. The number of aliphatic hydroxyl groups is 1. The summed E-state index contributed by atoms with van der Waals surface area (Å²) in [5.41, 5.74) is 5.74. The maximum atomic E-state index is 13.8. The van der Waals surface area contributed by atoms with Crippen LogP contribution in [0.4, 0.5) is 0 Å². The molecule has 0 aliphatic heterocycles. The molecule has 238 valence electrons. The van der Waals surface area contributed by atoms with Crippen LogP contribution in [0.5, 0.6) is 11.6 Å². The molecule has 0 saturated heterocycles. The van der Waals surface area contributed by atoms with Crippen LogP contribution in [0.1, 0.15) is 88.8 Å². The van der Waals surface area contributed by atoms with Crippen LogP contribution in [0.25, 0.3) is 10.9 Å². The lowest BCUT2D eigenvalue weighted by atomic mass is 9.45. The minimum absolute atomic E-state index is 0.00269. The first kappa shape index (κ1) is 30.5. The first-order chi connectivity index (χ1) is 21.6. The van der Waals surface area contributed by atoms with Gasteiger partial charge in [0.15, 0.2) is 0 Å². The van der Waals surface area contributed by atoms with E-state index in [0.29, 0.717) is 36.0 Å². The van der Waals surface area contributed by atoms with Crippen LogP contribution in [0.15, 0.2) is 60.2 Å². The number of aromatic nitrogens is 1. The van der Waals surface area contributed by atoms with Crippen LogP contribution in [0.3, 0.4) is 0 Å². The summed E-state index contributed by atoms with van der Waals surface area (Å²) < 4.78 is 11.4. The molecule has 3 aromatic rings. The average molecular weight is 608 g/mol. The number of nitrogens with zero attached hydrogens (tertiary/aromatic N) is 1. The Bertz CT molecular complexity index is 1640. The third-order valence-electron chi connectivity index (χ3n) is 13.2. The number of aryl methyl sites for hydroxylation is 1. The Morgan fingerprint density at radius 3 is 2.49 bits per heavy atom. The van der Waals surface area contributed by atoms with E-state index in [2.05, 4.69) is 45.0 Å². The van der Waals surface area contributed by atoms with E-state index in [1.54, 1.807) is 7.11 Å². The van der Waals surface area contributed by atoms with Crippen molar-refractivity contribution in [3.05, 3.63) is 76.9 Å². The first-order valence-corrected chi connectivity index (χ1v) is 17.1. The molecule has 5 nitrogen and oxygen atoms in total. The second-order valence-electron chi connectivity index (χ2n) is 15.2. The number of methoxy groups -OCH3 is 1. The highest BCUT2D eigenvalue weighted by Crippen LogP contribution is 2.70. The number of ether oxygens (including phenoxy) is 2. The zero-order valence-corrected chi connectivity index (χ0v) is 27.7. The Balaban J connectivity index is 1.13. The lowest BCUT2D eigenvalue weighted by Gasteiger charge is -2.59. The van der Waals surface area contributed by atoms with E-state index < -0.39 is 0 Å². The van der Waals surface area contributed by atoms with Crippen molar-refractivity contribution >= 4 is 16.7 Å². The van der Waals surface area contributed by atoms with Gasteiger partial charge in [-0.1, -0.05) is 43.7 Å². The number of carbonyl (C=O) groups excluding carboxylic acids is 1. The summed E-state index contributed by atoms with van der Waals surface area (Å²) in [6, 6.07) is 16.5. The maximum absolute atomic E-state index is 13.8. The molecule has 7 rings (SSSR count). The monoisotopic (exact) mass is 607 g/mol. The number of benzene rings is 2. The van der Waals surface area contributed by atoms with Crippen LogP contribution in [0, 0.1) is 40.9 Å². The van der Waals surface area contributed by atoms with Gasteiger partial charge in [-0.05, 0) is 141 Å². The van der Waals surface area contributed by atoms with E-state index in [1.807, 2.05) is 37.3 Å². The molecule has 45 heavy (non-hydrogen) atoms. The zero-order valence-electron chi connectivity index (χ0n) is 27.7. The topological polar surface area (TPSA) is 68.7 Å². The van der Waals surface area contributed by atoms with Crippen molar-refractivity contribution in [1.82, 2.24) is 4.98 Å². The molecule has 0 spiro atoms. The third-order valence-corrected chi connectivity index (χ3v) is 13.2. The summed E-state index contributed by atoms with van der Waals surface area (Å²) in [5.74, 6) is 3.68. The molecule has 3 unspecified atom stereocenters. The Morgan fingerprint density at radius 2 is 1.73 bits per heavy atom. The number of aliphatic hydroxyl groups excluding tert-OH is 1. The van der Waals surface area contributed by atoms with Crippen molar-refractivity contribution in [3.8, 4) is 11.6 Å². The largest absolute Gasteiger partial charge is 0.497 e. The van der Waals surface area contributed by atoms with Gasteiger partial charge in [-0.25, -0.2) is 4.98 Å². The lowest BCUT2D eigenvalue weighted by molar-refractivity contribution is -0.140. The number of rotatable bonds is 7. The molecule has 2 aromatic carbocycles. The molecule has 0 radical (unpaired) electrons. The minimum Gasteiger partial charge on any atom is -0.497 e. The normalized spacial score (nSPS) is 34.0. The number of ketones is 1. The van der Waals surface area contributed by atoms with Gasteiger partial charge in [0.2, 0.25) is 5.88 Å². The van der Waals surface area contributed by atoms with Crippen LogP contribution in [-0.4, -0.2) is 29.1 Å². The van der Waals surface area contributed by atoms with Crippen molar-refractivity contribution in [2.24, 2.45) is 34.0 Å². The van der Waals surface area contributed by atoms with Crippen molar-refractivity contribution in [2.45, 2.75) is 98.2 Å². The van der Waals surface area contributed by atoms with Gasteiger partial charge >= 0.3 is 0 Å². The number of allylic oxidation sites excluding steroid dienone is 1. The molecule has 0 amide bonds. The Kier molecular flexibility index (Phi) is 7.62. The van der Waals surface area contributed by atoms with E-state index in [0.717, 1.165) is 79.1 Å². The Hall–Kier alpha value is -3.18. The maximum Gasteiger partial charge on any atom is 0.214 e. The van der Waals surface area contributed by atoms with Gasteiger partial charge in [-0.3, -0.25) is 4.79 Å². The van der Waals surface area contributed by atoms with Crippen LogP contribution >= 0.6 is 0 Å². The second-order valence-corrected chi connectivity index (χ2v) is 15.2. The van der Waals surface area contributed by atoms with E-state index in [9.17, 15) is 9.90 Å². The summed E-state index contributed by atoms with van der Waals surface area (Å²) in [6.45, 7) is 9.38. The molecule has 4 aliphatic carbocycles. The highest BCUT2D eigenvalue weighted by molar-refractivity contribution is 5.86. The van der Waals surface area contributed by atoms with Gasteiger partial charge in [0, 0.05) is 16.9 Å². The van der Waals surface area contributed by atoms with Crippen molar-refractivity contribution in [1.29, 1.82) is 0 Å². The zero-order chi connectivity index (χ0) is 31.6. The van der Waals surface area contributed by atoms with Crippen LogP contribution in [-0.2, 0) is 17.8 Å². The summed E-state index contributed by atoms with van der Waals surface area (Å²) in [5, 5.41) is 11.5. The number of hydrogen-bond donors (Lipinski definition) is 1. The molecule has 3 saturated carbocycles. The molecule has 1 N–H and O–H groups in total. The predicted octanol–water partition coefficient (Wildman–Crippen LogP) is 8.57. The van der Waals surface area contributed by atoms with Gasteiger partial charge in [-0.15, -0.1) is 0 Å². The quantitative estimate of drug-likeness (QED) is 0.273. The van der Waals surface area contributed by atoms with Gasteiger partial charge in [0.1, 0.15) is 18.1 Å². The SMILES string of the molecule is COc1ccc(COc2cc(C)c3cc(C[C@]4(C(C)=O)CCC5C6CC=C7C[C@@H](O)CC[C@]7(C)C6CC[C@@]54C)ccc3n2)cc1. The van der Waals surface area contributed by atoms with Gasteiger partial charge < -0.3 is 14.6 Å². The van der Waals surface area contributed by atoms with Crippen molar-refractivity contribution < 1.29 is 19.4 Å². The van der Waals surface area contributed by atoms with E-state index in [4.69, 9.17) is 14.5 Å². The average Bonchev–Trinajstić information content (AvgIpc) is 3.34. The number of carbonyl (C=O) groups is 1. The van der Waals surface area contributed by atoms with Gasteiger partial charge in [0.25, 0.3) is 0 Å². The first-order valence-electron chi connectivity index (χ1n) is 17.1. The van der Waals surface area contributed by atoms with Crippen molar-refractivity contribution in [2.75, 3.05) is 7.11 Å². The predicted molar refractivity (Wildman–Crippen MR) is 178 cm³/mol. The number of pyridine rings is 1. The lowest BCUT2D eigenvalue weighted by Crippen LogP contribution is -2.54. The molecule has 1 heterocycles. The molecule has 4 aliphatic rings. The van der Waals surface area contributed by atoms with Crippen LogP contribution < -0.4 is 9.47 Å². The van der Waals surface area contributed by atoms with Gasteiger partial charge in [0.05, 0.1) is 18.7 Å². The Morgan fingerprint density at radius 1 is 0.978 bits per heavy atom. The number of fused-ring (bicyclic) bond motifs is 6. The second kappa shape index (κ2) is 11.3. The standard InChI is InChI=1S/C40H49NO4/c1-25-20-37(45-24-27-6-10-31(44-5)11-7-27)41-36-13-8-28(21-33(25)36)23-40(26(2)42)19-16-35-32-12-9-29-22-30(43)14-17-38(29,3)34(32)15-18-39(35,40)4/h6-11,13,20-21,30,32,34-35,43H,12,14-19,22-24H2,1-5H3/t30-,32?,34?,35?,38-,39-,40-/m0/s1. The molecular weight excluding hydrogens is 558 g/mol. The molecule has 0 bridgehead atoms. The summed E-state index contributed by atoms with van der Waals surface area (Å²) in [6.07, 6.45) is 11.5. The van der Waals surface area contributed by atoms with Gasteiger partial charge in [-0.2, -0.15) is 0 Å². The van der Waals surface area contributed by atoms with E-state index in [1.165, 1.54) is 17.6 Å². The molecule has 1 aromatic heterocycles. The fraction of sp³-hybridized carbons (Fsp3) is 0.550. The highest BCUT2D eigenvalue weighted by atomic mass is 16.5. The van der Waals surface area contributed by atoms with Crippen LogP contribution in [0.2, 0.25) is 0 Å². The molecular formula is C40H49NO4. The molecule has 7 atom stereocenters. The smallest absolute Gasteiger partial charge is 0.214 e. The Labute approximate surface area is 268 Å².